The second-order valence-electron chi connectivity index (χ2n) is 21.4. The number of amides is 1. The fourth-order valence-electron chi connectivity index (χ4n) is 9.61. The van der Waals surface area contributed by atoms with Gasteiger partial charge in [-0.3, -0.25) is 9.59 Å². The van der Waals surface area contributed by atoms with Crippen molar-refractivity contribution in [2.45, 2.75) is 347 Å². The largest absolute Gasteiger partial charge is 0.466 e. The van der Waals surface area contributed by atoms with Crippen LogP contribution in [0.3, 0.4) is 0 Å². The highest BCUT2D eigenvalue weighted by atomic mass is 16.5. The first-order chi connectivity index (χ1) is 34.5. The van der Waals surface area contributed by atoms with Crippen LogP contribution in [0.1, 0.15) is 335 Å². The molecule has 0 aliphatic rings. The molecular weight excluding hydrogens is 863 g/mol. The molecule has 0 aromatic heterocycles. The Morgan fingerprint density at radius 1 is 0.400 bits per heavy atom. The van der Waals surface area contributed by atoms with E-state index in [0.29, 0.717) is 19.4 Å². The Morgan fingerprint density at radius 2 is 0.714 bits per heavy atom. The number of ether oxygens (including phenoxy) is 1. The zero-order valence-electron chi connectivity index (χ0n) is 47.0. The third-order valence-electron chi connectivity index (χ3n) is 14.4. The molecule has 0 heterocycles. The van der Waals surface area contributed by atoms with Crippen molar-refractivity contribution in [2.24, 2.45) is 0 Å². The van der Waals surface area contributed by atoms with Crippen molar-refractivity contribution in [1.82, 2.24) is 5.32 Å². The van der Waals surface area contributed by atoms with Gasteiger partial charge in [0.1, 0.15) is 0 Å². The van der Waals surface area contributed by atoms with Crippen molar-refractivity contribution in [3.05, 3.63) is 36.5 Å². The summed E-state index contributed by atoms with van der Waals surface area (Å²) in [6.07, 6.45) is 74.6. The Kier molecular flexibility index (Phi) is 58.0. The normalized spacial score (nSPS) is 12.8. The molecule has 0 aromatic rings. The van der Waals surface area contributed by atoms with E-state index in [1.54, 1.807) is 6.08 Å². The number of hydrogen-bond acceptors (Lipinski definition) is 5. The van der Waals surface area contributed by atoms with Gasteiger partial charge in [-0.05, 0) is 64.2 Å². The van der Waals surface area contributed by atoms with Gasteiger partial charge in [0.25, 0.3) is 0 Å². The number of unbranched alkanes of at least 4 members (excludes halogenated alkanes) is 43. The number of nitrogens with one attached hydrogen (secondary N) is 1. The van der Waals surface area contributed by atoms with Gasteiger partial charge in [-0.15, -0.1) is 0 Å². The lowest BCUT2D eigenvalue weighted by atomic mass is 10.0. The van der Waals surface area contributed by atoms with Crippen LogP contribution in [0, 0.1) is 0 Å². The van der Waals surface area contributed by atoms with Crippen LogP contribution in [0.15, 0.2) is 36.5 Å². The van der Waals surface area contributed by atoms with E-state index in [9.17, 15) is 19.8 Å². The van der Waals surface area contributed by atoms with Crippen molar-refractivity contribution < 1.29 is 24.5 Å². The number of allylic oxidation sites excluding steroid dienone is 5. The number of aliphatic hydroxyl groups excluding tert-OH is 2. The van der Waals surface area contributed by atoms with Gasteiger partial charge in [-0.1, -0.05) is 294 Å². The van der Waals surface area contributed by atoms with Crippen LogP contribution in [0.5, 0.6) is 0 Å². The second-order valence-corrected chi connectivity index (χ2v) is 21.4. The van der Waals surface area contributed by atoms with Crippen molar-refractivity contribution in [1.29, 1.82) is 0 Å². The van der Waals surface area contributed by atoms with Crippen LogP contribution >= 0.6 is 0 Å². The molecule has 6 nitrogen and oxygen atoms in total. The summed E-state index contributed by atoms with van der Waals surface area (Å²) in [7, 11) is 0. The zero-order valence-corrected chi connectivity index (χ0v) is 47.0. The minimum absolute atomic E-state index is 0.00291. The van der Waals surface area contributed by atoms with E-state index in [0.717, 1.165) is 51.4 Å². The molecule has 0 saturated carbocycles. The quantitative estimate of drug-likeness (QED) is 0.0321. The third-order valence-corrected chi connectivity index (χ3v) is 14.4. The average molecular weight is 985 g/mol. The molecule has 0 bridgehead atoms. The van der Waals surface area contributed by atoms with Gasteiger partial charge in [-0.25, -0.2) is 0 Å². The van der Waals surface area contributed by atoms with Gasteiger partial charge in [-0.2, -0.15) is 0 Å². The molecule has 0 radical (unpaired) electrons. The summed E-state index contributed by atoms with van der Waals surface area (Å²) in [4.78, 5) is 24.6. The van der Waals surface area contributed by atoms with Crippen LogP contribution in [0.4, 0.5) is 0 Å². The van der Waals surface area contributed by atoms with E-state index in [4.69, 9.17) is 4.74 Å². The Bertz CT molecular complexity index is 1130. The molecule has 2 atom stereocenters. The zero-order chi connectivity index (χ0) is 50.7. The molecule has 0 fully saturated rings. The maximum absolute atomic E-state index is 12.5. The summed E-state index contributed by atoms with van der Waals surface area (Å²) < 4.78 is 5.49. The van der Waals surface area contributed by atoms with E-state index in [2.05, 4.69) is 43.5 Å². The standard InChI is InChI=1S/C64H121NO5/c1-3-5-7-9-11-13-15-17-19-21-22-26-30-34-38-42-46-50-54-58-64(69)70-59-55-51-47-43-39-35-31-27-24-23-25-29-33-37-41-45-49-53-57-63(68)65-61(60-66)62(67)56-52-48-44-40-36-32-28-20-18-16-14-12-10-8-6-4-2/h11,13,17,19,52,56,61-62,66-67H,3-10,12,14-16,18,20-51,53-55,57-60H2,1-2H3,(H,65,68)/b13-11-,19-17-,56-52+. The minimum atomic E-state index is -0.848. The molecular formula is C64H121NO5. The topological polar surface area (TPSA) is 95.9 Å². The fourth-order valence-corrected chi connectivity index (χ4v) is 9.61. The van der Waals surface area contributed by atoms with Gasteiger partial charge in [0.05, 0.1) is 25.4 Å². The fraction of sp³-hybridized carbons (Fsp3) is 0.875. The molecule has 0 saturated heterocycles. The maximum Gasteiger partial charge on any atom is 0.305 e. The van der Waals surface area contributed by atoms with Crippen LogP contribution in [0.25, 0.3) is 0 Å². The molecule has 6 heteroatoms. The van der Waals surface area contributed by atoms with Gasteiger partial charge in [0, 0.05) is 12.8 Å². The van der Waals surface area contributed by atoms with Crippen molar-refractivity contribution >= 4 is 11.9 Å². The second kappa shape index (κ2) is 59.6. The molecule has 3 N–H and O–H groups in total. The summed E-state index contributed by atoms with van der Waals surface area (Å²) >= 11 is 0. The molecule has 1 amide bonds. The highest BCUT2D eigenvalue weighted by molar-refractivity contribution is 5.76. The molecule has 0 aliphatic heterocycles. The SMILES string of the molecule is CCCCC/C=C\C/C=C\CCCCCCCCCCCC(=O)OCCCCCCCCCCCCCCCCCCCCC(=O)NC(CO)C(O)/C=C/CCCCCCCCCCCCCCCC. The van der Waals surface area contributed by atoms with Crippen LogP contribution in [-0.2, 0) is 14.3 Å². The van der Waals surface area contributed by atoms with E-state index in [1.807, 2.05) is 6.08 Å². The highest BCUT2D eigenvalue weighted by Crippen LogP contribution is 2.17. The summed E-state index contributed by atoms with van der Waals surface area (Å²) in [5.74, 6) is -0.0676. The van der Waals surface area contributed by atoms with E-state index in [1.165, 1.54) is 257 Å². The van der Waals surface area contributed by atoms with Crippen LogP contribution in [0.2, 0.25) is 0 Å². The van der Waals surface area contributed by atoms with Crippen molar-refractivity contribution in [2.75, 3.05) is 13.2 Å². The predicted octanol–water partition coefficient (Wildman–Crippen LogP) is 19.6. The van der Waals surface area contributed by atoms with Gasteiger partial charge in [0.15, 0.2) is 0 Å². The van der Waals surface area contributed by atoms with Crippen LogP contribution in [-0.4, -0.2) is 47.4 Å². The van der Waals surface area contributed by atoms with Gasteiger partial charge >= 0.3 is 5.97 Å². The van der Waals surface area contributed by atoms with Crippen molar-refractivity contribution in [3.63, 3.8) is 0 Å². The van der Waals surface area contributed by atoms with E-state index >= 15 is 0 Å². The number of esters is 1. The first kappa shape index (κ1) is 68.1. The van der Waals surface area contributed by atoms with E-state index in [-0.39, 0.29) is 18.5 Å². The lowest BCUT2D eigenvalue weighted by Gasteiger charge is -2.20. The Hall–Kier alpha value is -1.92. The molecule has 0 rings (SSSR count). The summed E-state index contributed by atoms with van der Waals surface area (Å²) in [5, 5.41) is 23.1. The predicted molar refractivity (Wildman–Crippen MR) is 306 cm³/mol. The minimum Gasteiger partial charge on any atom is -0.466 e. The van der Waals surface area contributed by atoms with E-state index < -0.39 is 12.1 Å². The number of carbonyl (C=O) groups excluding carboxylic acids is 2. The first-order valence-corrected chi connectivity index (χ1v) is 31.3. The molecule has 2 unspecified atom stereocenters. The smallest absolute Gasteiger partial charge is 0.305 e. The number of rotatable bonds is 58. The average Bonchev–Trinajstić information content (AvgIpc) is 3.36. The first-order valence-electron chi connectivity index (χ1n) is 31.3. The molecule has 0 aromatic carbocycles. The maximum atomic E-state index is 12.5. The third kappa shape index (κ3) is 55.4. The summed E-state index contributed by atoms with van der Waals surface area (Å²) in [5.41, 5.74) is 0. The van der Waals surface area contributed by atoms with Gasteiger partial charge in [0.2, 0.25) is 5.91 Å². The Balaban J connectivity index is 3.42. The Labute approximate surface area is 436 Å². The highest BCUT2D eigenvalue weighted by Gasteiger charge is 2.18. The Morgan fingerprint density at radius 3 is 1.11 bits per heavy atom. The molecule has 70 heavy (non-hydrogen) atoms. The number of carbonyl (C=O) groups is 2. The molecule has 412 valence electrons. The molecule has 0 aliphatic carbocycles. The number of hydrogen-bond donors (Lipinski definition) is 3. The lowest BCUT2D eigenvalue weighted by molar-refractivity contribution is -0.143. The summed E-state index contributed by atoms with van der Waals surface area (Å²) in [6, 6.07) is -0.631. The van der Waals surface area contributed by atoms with Crippen LogP contribution < -0.4 is 5.32 Å². The molecule has 0 spiro atoms. The monoisotopic (exact) mass is 984 g/mol. The lowest BCUT2D eigenvalue weighted by Crippen LogP contribution is -2.45. The number of aliphatic hydroxyl groups is 2. The van der Waals surface area contributed by atoms with Crippen molar-refractivity contribution in [3.8, 4) is 0 Å². The van der Waals surface area contributed by atoms with Gasteiger partial charge < -0.3 is 20.3 Å². The summed E-state index contributed by atoms with van der Waals surface area (Å²) in [6.45, 7) is 4.89.